The van der Waals surface area contributed by atoms with Crippen molar-refractivity contribution < 1.29 is 13.6 Å². The highest BCUT2D eigenvalue weighted by atomic mass is 19.1. The number of carbonyl (C=O) groups excluding carboxylic acids is 1. The molecule has 1 N–H and O–H groups in total. The van der Waals surface area contributed by atoms with Crippen LogP contribution in [-0.2, 0) is 11.3 Å². The number of aryl methyl sites for hydroxylation is 1. The van der Waals surface area contributed by atoms with Crippen LogP contribution in [0.1, 0.15) is 30.1 Å². The number of halogens is 1. The smallest absolute Gasteiger partial charge is 0.227 e. The molecule has 1 saturated heterocycles. The summed E-state index contributed by atoms with van der Waals surface area (Å²) in [5, 5.41) is 3.14. The molecule has 2 fully saturated rings. The minimum atomic E-state index is -0.344. The fourth-order valence-electron chi connectivity index (χ4n) is 3.84. The van der Waals surface area contributed by atoms with Crippen LogP contribution in [0.25, 0.3) is 0 Å². The molecule has 4 rings (SSSR count). The molecule has 1 amide bonds. The SMILES string of the molecule is Cc1cnc(CN2C[C@@H]3C(NC(=O)C(C)c4cccc(F)c4)[C@@H]3C2)o1. The van der Waals surface area contributed by atoms with Gasteiger partial charge in [-0.1, -0.05) is 12.1 Å². The average Bonchev–Trinajstić information content (AvgIpc) is 2.92. The van der Waals surface area contributed by atoms with E-state index in [9.17, 15) is 9.18 Å². The molecule has 0 spiro atoms. The van der Waals surface area contributed by atoms with Crippen molar-refractivity contribution in [3.05, 3.63) is 53.5 Å². The lowest BCUT2D eigenvalue weighted by atomic mass is 10.0. The van der Waals surface area contributed by atoms with Crippen molar-refractivity contribution in [3.8, 4) is 0 Å². The maximum atomic E-state index is 13.3. The summed E-state index contributed by atoms with van der Waals surface area (Å²) in [5.41, 5.74) is 0.712. The van der Waals surface area contributed by atoms with Gasteiger partial charge in [-0.2, -0.15) is 0 Å². The van der Waals surface area contributed by atoms with Crippen LogP contribution < -0.4 is 5.32 Å². The van der Waals surface area contributed by atoms with Crippen LogP contribution >= 0.6 is 0 Å². The molecular formula is C19H22FN3O2. The Labute approximate surface area is 146 Å². The van der Waals surface area contributed by atoms with Gasteiger partial charge in [0.25, 0.3) is 0 Å². The molecule has 132 valence electrons. The third-order valence-electron chi connectivity index (χ3n) is 5.35. The first-order valence-electron chi connectivity index (χ1n) is 8.71. The number of rotatable bonds is 5. The van der Waals surface area contributed by atoms with Gasteiger partial charge in [0.1, 0.15) is 11.6 Å². The quantitative estimate of drug-likeness (QED) is 0.906. The highest BCUT2D eigenvalue weighted by Gasteiger charge is 2.56. The van der Waals surface area contributed by atoms with E-state index >= 15 is 0 Å². The molecule has 2 unspecified atom stereocenters. The number of carbonyl (C=O) groups is 1. The van der Waals surface area contributed by atoms with E-state index in [-0.39, 0.29) is 23.7 Å². The van der Waals surface area contributed by atoms with Gasteiger partial charge in [-0.15, -0.1) is 0 Å². The Morgan fingerprint density at radius 1 is 1.44 bits per heavy atom. The van der Waals surface area contributed by atoms with Gasteiger partial charge in [-0.25, -0.2) is 9.37 Å². The number of aromatic nitrogens is 1. The Hall–Kier alpha value is -2.21. The van der Waals surface area contributed by atoms with Crippen molar-refractivity contribution in [1.29, 1.82) is 0 Å². The lowest BCUT2D eigenvalue weighted by Gasteiger charge is -2.19. The van der Waals surface area contributed by atoms with E-state index < -0.39 is 0 Å². The van der Waals surface area contributed by atoms with E-state index in [0.29, 0.717) is 17.4 Å². The summed E-state index contributed by atoms with van der Waals surface area (Å²) in [6, 6.07) is 6.50. The molecule has 25 heavy (non-hydrogen) atoms. The topological polar surface area (TPSA) is 58.4 Å². The Bertz CT molecular complexity index is 778. The van der Waals surface area contributed by atoms with Crippen LogP contribution in [0, 0.1) is 24.6 Å². The van der Waals surface area contributed by atoms with E-state index in [1.165, 1.54) is 12.1 Å². The molecule has 1 aliphatic carbocycles. The highest BCUT2D eigenvalue weighted by Crippen LogP contribution is 2.46. The van der Waals surface area contributed by atoms with Crippen LogP contribution in [-0.4, -0.2) is 34.9 Å². The summed E-state index contributed by atoms with van der Waals surface area (Å²) in [6.45, 7) is 6.33. The third kappa shape index (κ3) is 3.31. The molecule has 6 heteroatoms. The zero-order chi connectivity index (χ0) is 17.6. The van der Waals surface area contributed by atoms with Crippen molar-refractivity contribution in [1.82, 2.24) is 15.2 Å². The number of hydrogen-bond donors (Lipinski definition) is 1. The van der Waals surface area contributed by atoms with Crippen molar-refractivity contribution in [2.75, 3.05) is 13.1 Å². The van der Waals surface area contributed by atoms with E-state index in [1.54, 1.807) is 18.3 Å². The zero-order valence-corrected chi connectivity index (χ0v) is 14.4. The predicted octanol–water partition coefficient (Wildman–Crippen LogP) is 2.47. The highest BCUT2D eigenvalue weighted by molar-refractivity contribution is 5.83. The fourth-order valence-corrected chi connectivity index (χ4v) is 3.84. The second kappa shape index (κ2) is 6.26. The average molecular weight is 343 g/mol. The second-order valence-electron chi connectivity index (χ2n) is 7.20. The van der Waals surface area contributed by atoms with Crippen molar-refractivity contribution in [2.24, 2.45) is 11.8 Å². The normalized spacial score (nSPS) is 26.3. The van der Waals surface area contributed by atoms with Crippen LogP contribution in [0.4, 0.5) is 4.39 Å². The molecule has 4 atom stereocenters. The standard InChI is InChI=1S/C19H22FN3O2/c1-11-7-21-17(25-11)10-23-8-15-16(9-23)18(15)22-19(24)12(2)13-4-3-5-14(20)6-13/h3-7,12,15-16,18H,8-10H2,1-2H3,(H,22,24)/t12?,15-,16+,18?. The number of likely N-dealkylation sites (tertiary alicyclic amines) is 1. The fraction of sp³-hybridized carbons (Fsp3) is 0.474. The third-order valence-corrected chi connectivity index (χ3v) is 5.35. The summed E-state index contributed by atoms with van der Waals surface area (Å²) in [5.74, 6) is 1.90. The summed E-state index contributed by atoms with van der Waals surface area (Å²) in [6.07, 6.45) is 1.74. The Morgan fingerprint density at radius 2 is 2.20 bits per heavy atom. The van der Waals surface area contributed by atoms with Gasteiger partial charge in [-0.3, -0.25) is 9.69 Å². The first-order valence-corrected chi connectivity index (χ1v) is 8.71. The van der Waals surface area contributed by atoms with Crippen molar-refractivity contribution >= 4 is 5.91 Å². The van der Waals surface area contributed by atoms with E-state index in [0.717, 1.165) is 31.3 Å². The summed E-state index contributed by atoms with van der Waals surface area (Å²) < 4.78 is 18.9. The Kier molecular flexibility index (Phi) is 4.07. The molecule has 0 radical (unpaired) electrons. The largest absolute Gasteiger partial charge is 0.445 e. The molecular weight excluding hydrogens is 321 g/mol. The van der Waals surface area contributed by atoms with Crippen molar-refractivity contribution in [2.45, 2.75) is 32.4 Å². The van der Waals surface area contributed by atoms with Crippen LogP contribution in [0.5, 0.6) is 0 Å². The molecule has 2 heterocycles. The molecule has 1 saturated carbocycles. The van der Waals surface area contributed by atoms with Crippen molar-refractivity contribution in [3.63, 3.8) is 0 Å². The molecule has 1 aromatic carbocycles. The van der Waals surface area contributed by atoms with Gasteiger partial charge in [0.05, 0.1) is 18.7 Å². The van der Waals surface area contributed by atoms with Crippen LogP contribution in [0.3, 0.4) is 0 Å². The van der Waals surface area contributed by atoms with E-state index in [1.807, 2.05) is 13.8 Å². The number of nitrogens with one attached hydrogen (secondary N) is 1. The first-order chi connectivity index (χ1) is 12.0. The van der Waals surface area contributed by atoms with Gasteiger partial charge in [0.15, 0.2) is 0 Å². The molecule has 5 nitrogen and oxygen atoms in total. The number of piperidine rings is 1. The summed E-state index contributed by atoms with van der Waals surface area (Å²) in [7, 11) is 0. The van der Waals surface area contributed by atoms with Gasteiger partial charge >= 0.3 is 0 Å². The number of amides is 1. The second-order valence-corrected chi connectivity index (χ2v) is 7.20. The zero-order valence-electron chi connectivity index (χ0n) is 14.4. The number of hydrogen-bond acceptors (Lipinski definition) is 4. The molecule has 1 aromatic heterocycles. The summed E-state index contributed by atoms with van der Waals surface area (Å²) in [4.78, 5) is 19.0. The first kappa shape index (κ1) is 16.3. The lowest BCUT2D eigenvalue weighted by Crippen LogP contribution is -2.36. The Balaban J connectivity index is 1.28. The predicted molar refractivity (Wildman–Crippen MR) is 90.2 cm³/mol. The minimum absolute atomic E-state index is 0.0279. The molecule has 2 aromatic rings. The van der Waals surface area contributed by atoms with Crippen LogP contribution in [0.2, 0.25) is 0 Å². The van der Waals surface area contributed by atoms with Crippen LogP contribution in [0.15, 0.2) is 34.9 Å². The monoisotopic (exact) mass is 343 g/mol. The Morgan fingerprint density at radius 3 is 2.84 bits per heavy atom. The lowest BCUT2D eigenvalue weighted by molar-refractivity contribution is -0.122. The van der Waals surface area contributed by atoms with E-state index in [2.05, 4.69) is 15.2 Å². The molecule has 0 bridgehead atoms. The molecule has 2 aliphatic rings. The number of oxazole rings is 1. The maximum Gasteiger partial charge on any atom is 0.227 e. The van der Waals surface area contributed by atoms with Gasteiger partial charge in [0.2, 0.25) is 11.8 Å². The number of fused-ring (bicyclic) bond motifs is 1. The van der Waals surface area contributed by atoms with Gasteiger partial charge in [0, 0.05) is 19.1 Å². The van der Waals surface area contributed by atoms with Gasteiger partial charge in [-0.05, 0) is 43.4 Å². The number of nitrogens with zero attached hydrogens (tertiary/aromatic N) is 2. The van der Waals surface area contributed by atoms with Gasteiger partial charge < -0.3 is 9.73 Å². The summed E-state index contributed by atoms with van der Waals surface area (Å²) >= 11 is 0. The van der Waals surface area contributed by atoms with E-state index in [4.69, 9.17) is 4.42 Å². The number of benzene rings is 1. The maximum absolute atomic E-state index is 13.3. The minimum Gasteiger partial charge on any atom is -0.445 e. The molecule has 1 aliphatic heterocycles.